The van der Waals surface area contributed by atoms with E-state index >= 15 is 0 Å². The number of aromatic amines is 1. The van der Waals surface area contributed by atoms with Crippen LogP contribution < -0.4 is 15.7 Å². The van der Waals surface area contributed by atoms with Gasteiger partial charge in [0.1, 0.15) is 12.4 Å². The Morgan fingerprint density at radius 1 is 1.08 bits per heavy atom. The van der Waals surface area contributed by atoms with Gasteiger partial charge in [-0.25, -0.2) is 10.5 Å². The number of hydrogen-bond donors (Lipinski definition) is 2. The number of aromatic nitrogens is 2. The van der Waals surface area contributed by atoms with Gasteiger partial charge in [0.2, 0.25) is 0 Å². The Labute approximate surface area is 149 Å². The number of hydrogen-bond acceptors (Lipinski definition) is 5. The summed E-state index contributed by atoms with van der Waals surface area (Å²) in [5.41, 5.74) is 3.94. The number of nitrogens with zero attached hydrogens (tertiary/aromatic N) is 2. The highest BCUT2D eigenvalue weighted by molar-refractivity contribution is 5.92. The van der Waals surface area contributed by atoms with Crippen molar-refractivity contribution in [1.82, 2.24) is 15.6 Å². The molecule has 2 aromatic carbocycles. The summed E-state index contributed by atoms with van der Waals surface area (Å²) in [6, 6.07) is 19.8. The maximum atomic E-state index is 11.8. The number of carbonyl (C=O) groups excluding carboxylic acids is 1. The third-order valence-corrected chi connectivity index (χ3v) is 3.42. The summed E-state index contributed by atoms with van der Waals surface area (Å²) in [5, 5.41) is 9.67. The van der Waals surface area contributed by atoms with E-state index < -0.39 is 5.91 Å². The lowest BCUT2D eigenvalue weighted by atomic mass is 10.2. The van der Waals surface area contributed by atoms with Crippen molar-refractivity contribution in [3.8, 4) is 5.75 Å². The molecule has 2 N–H and O–H groups in total. The Hall–Kier alpha value is -3.74. The van der Waals surface area contributed by atoms with Gasteiger partial charge in [-0.15, -0.1) is 0 Å². The molecule has 0 atom stereocenters. The predicted molar refractivity (Wildman–Crippen MR) is 97.1 cm³/mol. The Bertz CT molecular complexity index is 930. The lowest BCUT2D eigenvalue weighted by molar-refractivity contribution is 0.0949. The number of rotatable bonds is 6. The standard InChI is InChI=1S/C19H16N4O3/c24-18-11-10-17(21-22-18)19(25)23-20-12-14-6-8-16(9-7-14)26-13-15-4-2-1-3-5-15/h1-12H,13H2,(H,22,24)(H,23,25)/b20-12+. The molecule has 0 bridgehead atoms. The van der Waals surface area contributed by atoms with Crippen LogP contribution in [-0.4, -0.2) is 22.3 Å². The minimum Gasteiger partial charge on any atom is -0.489 e. The third kappa shape index (κ3) is 4.88. The molecule has 0 aliphatic heterocycles. The molecule has 0 aliphatic rings. The van der Waals surface area contributed by atoms with Gasteiger partial charge in [-0.1, -0.05) is 30.3 Å². The van der Waals surface area contributed by atoms with E-state index in [2.05, 4.69) is 20.7 Å². The average molecular weight is 348 g/mol. The Balaban J connectivity index is 1.52. The zero-order chi connectivity index (χ0) is 18.2. The van der Waals surface area contributed by atoms with Crippen molar-refractivity contribution in [2.45, 2.75) is 6.61 Å². The number of H-pyrrole nitrogens is 1. The van der Waals surface area contributed by atoms with Crippen molar-refractivity contribution in [3.05, 3.63) is 93.9 Å². The minimum absolute atomic E-state index is 0.0754. The van der Waals surface area contributed by atoms with Crippen molar-refractivity contribution in [2.75, 3.05) is 0 Å². The van der Waals surface area contributed by atoms with Crippen molar-refractivity contribution in [1.29, 1.82) is 0 Å². The lowest BCUT2D eigenvalue weighted by Crippen LogP contribution is -2.21. The van der Waals surface area contributed by atoms with Gasteiger partial charge < -0.3 is 4.74 Å². The van der Waals surface area contributed by atoms with Crippen LogP contribution in [0.4, 0.5) is 0 Å². The van der Waals surface area contributed by atoms with Gasteiger partial charge in [0.15, 0.2) is 5.69 Å². The van der Waals surface area contributed by atoms with E-state index in [1.165, 1.54) is 18.3 Å². The average Bonchev–Trinajstić information content (AvgIpc) is 2.68. The largest absolute Gasteiger partial charge is 0.489 e. The van der Waals surface area contributed by atoms with E-state index in [9.17, 15) is 9.59 Å². The van der Waals surface area contributed by atoms with E-state index in [1.54, 1.807) is 0 Å². The molecule has 1 aromatic heterocycles. The topological polar surface area (TPSA) is 96.4 Å². The van der Waals surface area contributed by atoms with Crippen LogP contribution in [0.3, 0.4) is 0 Å². The summed E-state index contributed by atoms with van der Waals surface area (Å²) in [4.78, 5) is 22.7. The summed E-state index contributed by atoms with van der Waals surface area (Å²) in [7, 11) is 0. The fourth-order valence-electron chi connectivity index (χ4n) is 2.08. The van der Waals surface area contributed by atoms with Gasteiger partial charge in [0, 0.05) is 6.07 Å². The van der Waals surface area contributed by atoms with E-state index in [0.29, 0.717) is 6.61 Å². The summed E-state index contributed by atoms with van der Waals surface area (Å²) in [5.74, 6) is 0.229. The fourth-order valence-corrected chi connectivity index (χ4v) is 2.08. The quantitative estimate of drug-likeness (QED) is 0.527. The Morgan fingerprint density at radius 2 is 1.85 bits per heavy atom. The number of nitrogens with one attached hydrogen (secondary N) is 2. The summed E-state index contributed by atoms with van der Waals surface area (Å²) < 4.78 is 5.71. The molecule has 0 saturated carbocycles. The monoisotopic (exact) mass is 348 g/mol. The van der Waals surface area contributed by atoms with Crippen molar-refractivity contribution in [2.24, 2.45) is 5.10 Å². The molecule has 0 unspecified atom stereocenters. The van der Waals surface area contributed by atoms with Crippen molar-refractivity contribution < 1.29 is 9.53 Å². The van der Waals surface area contributed by atoms with E-state index in [4.69, 9.17) is 4.74 Å². The van der Waals surface area contributed by atoms with Gasteiger partial charge in [-0.3, -0.25) is 9.59 Å². The van der Waals surface area contributed by atoms with Crippen LogP contribution in [0.1, 0.15) is 21.6 Å². The molecule has 0 radical (unpaired) electrons. The Kier molecular flexibility index (Phi) is 5.51. The van der Waals surface area contributed by atoms with Gasteiger partial charge in [0.05, 0.1) is 6.21 Å². The molecule has 1 heterocycles. The van der Waals surface area contributed by atoms with Crippen LogP contribution in [-0.2, 0) is 6.61 Å². The maximum absolute atomic E-state index is 11.8. The number of amides is 1. The first-order valence-electron chi connectivity index (χ1n) is 7.87. The maximum Gasteiger partial charge on any atom is 0.291 e. The Morgan fingerprint density at radius 3 is 2.54 bits per heavy atom. The SMILES string of the molecule is O=C(N/N=C/c1ccc(OCc2ccccc2)cc1)c1ccc(=O)[nH]n1. The minimum atomic E-state index is -0.514. The molecular formula is C19H16N4O3. The fraction of sp³-hybridized carbons (Fsp3) is 0.0526. The van der Waals surface area contributed by atoms with Gasteiger partial charge in [-0.05, 0) is 41.5 Å². The molecular weight excluding hydrogens is 332 g/mol. The molecule has 0 spiro atoms. The molecule has 0 aliphatic carbocycles. The van der Waals surface area contributed by atoms with Crippen molar-refractivity contribution >= 4 is 12.1 Å². The molecule has 3 rings (SSSR count). The molecule has 3 aromatic rings. The van der Waals surface area contributed by atoms with Crippen LogP contribution >= 0.6 is 0 Å². The molecule has 0 fully saturated rings. The zero-order valence-corrected chi connectivity index (χ0v) is 13.8. The van der Waals surface area contributed by atoms with Crippen LogP contribution in [0.5, 0.6) is 5.75 Å². The summed E-state index contributed by atoms with van der Waals surface area (Å²) in [6.45, 7) is 0.497. The summed E-state index contributed by atoms with van der Waals surface area (Å²) in [6.07, 6.45) is 1.50. The highest BCUT2D eigenvalue weighted by Crippen LogP contribution is 2.13. The predicted octanol–water partition coefficient (Wildman–Crippen LogP) is 2.11. The number of ether oxygens (including phenoxy) is 1. The molecule has 1 amide bonds. The van der Waals surface area contributed by atoms with E-state index in [-0.39, 0.29) is 11.3 Å². The third-order valence-electron chi connectivity index (χ3n) is 3.42. The van der Waals surface area contributed by atoms with E-state index in [1.807, 2.05) is 54.6 Å². The summed E-state index contributed by atoms with van der Waals surface area (Å²) >= 11 is 0. The molecule has 0 saturated heterocycles. The molecule has 130 valence electrons. The van der Waals surface area contributed by atoms with Gasteiger partial charge in [-0.2, -0.15) is 10.2 Å². The number of benzene rings is 2. The van der Waals surface area contributed by atoms with Crippen LogP contribution in [0.25, 0.3) is 0 Å². The first-order valence-corrected chi connectivity index (χ1v) is 7.87. The highest BCUT2D eigenvalue weighted by atomic mass is 16.5. The van der Waals surface area contributed by atoms with Gasteiger partial charge >= 0.3 is 0 Å². The second-order valence-electron chi connectivity index (χ2n) is 5.35. The second-order valence-corrected chi connectivity index (χ2v) is 5.35. The first kappa shape index (κ1) is 17.1. The van der Waals surface area contributed by atoms with Crippen LogP contribution in [0.2, 0.25) is 0 Å². The van der Waals surface area contributed by atoms with Crippen LogP contribution in [0, 0.1) is 0 Å². The zero-order valence-electron chi connectivity index (χ0n) is 13.8. The van der Waals surface area contributed by atoms with Gasteiger partial charge in [0.25, 0.3) is 11.5 Å². The molecule has 7 nitrogen and oxygen atoms in total. The molecule has 26 heavy (non-hydrogen) atoms. The van der Waals surface area contributed by atoms with Crippen LogP contribution in [0.15, 0.2) is 76.6 Å². The number of carbonyl (C=O) groups is 1. The number of hydrazone groups is 1. The highest BCUT2D eigenvalue weighted by Gasteiger charge is 2.05. The van der Waals surface area contributed by atoms with E-state index in [0.717, 1.165) is 16.9 Å². The smallest absolute Gasteiger partial charge is 0.291 e. The normalized spacial score (nSPS) is 10.6. The molecule has 7 heteroatoms. The van der Waals surface area contributed by atoms with Crippen molar-refractivity contribution in [3.63, 3.8) is 0 Å². The second kappa shape index (κ2) is 8.39. The lowest BCUT2D eigenvalue weighted by Gasteiger charge is -2.06. The first-order chi connectivity index (χ1) is 12.7.